The van der Waals surface area contributed by atoms with Crippen LogP contribution in [0.5, 0.6) is 0 Å². The lowest BCUT2D eigenvalue weighted by Gasteiger charge is -2.29. The van der Waals surface area contributed by atoms with Gasteiger partial charge in [0.1, 0.15) is 0 Å². The molecule has 0 aromatic heterocycles. The fourth-order valence-electron chi connectivity index (χ4n) is 2.34. The summed E-state index contributed by atoms with van der Waals surface area (Å²) in [6.07, 6.45) is 8.72. The molecule has 1 aliphatic heterocycles. The minimum atomic E-state index is -0.113. The number of hydrogen-bond donors (Lipinski definition) is 1. The average molecular weight is 193 g/mol. The molecular weight excluding hydrogens is 178 g/mol. The Morgan fingerprint density at radius 1 is 1.21 bits per heavy atom. The van der Waals surface area contributed by atoms with Crippen molar-refractivity contribution in [2.45, 2.75) is 32.1 Å². The number of imide groups is 1. The lowest BCUT2D eigenvalue weighted by molar-refractivity contribution is -0.137. The van der Waals surface area contributed by atoms with Crippen molar-refractivity contribution in [2.75, 3.05) is 0 Å². The third-order valence-corrected chi connectivity index (χ3v) is 3.16. The van der Waals surface area contributed by atoms with Crippen molar-refractivity contribution in [3.63, 3.8) is 0 Å². The lowest BCUT2D eigenvalue weighted by Crippen LogP contribution is -2.43. The number of hydrogen-bond acceptors (Lipinski definition) is 2. The molecule has 3 heteroatoms. The van der Waals surface area contributed by atoms with Crippen molar-refractivity contribution in [3.05, 3.63) is 12.2 Å². The van der Waals surface area contributed by atoms with Crippen molar-refractivity contribution < 1.29 is 9.59 Å². The number of carbonyl (C=O) groups excluding carboxylic acids is 2. The van der Waals surface area contributed by atoms with Gasteiger partial charge in [-0.25, -0.2) is 0 Å². The molecule has 1 fully saturated rings. The number of rotatable bonds is 1. The summed E-state index contributed by atoms with van der Waals surface area (Å²) in [4.78, 5) is 22.5. The van der Waals surface area contributed by atoms with Crippen LogP contribution >= 0.6 is 0 Å². The van der Waals surface area contributed by atoms with Crippen LogP contribution in [0.25, 0.3) is 0 Å². The average Bonchev–Trinajstić information content (AvgIpc) is 2.19. The molecule has 14 heavy (non-hydrogen) atoms. The number of allylic oxidation sites excluding steroid dienone is 2. The van der Waals surface area contributed by atoms with Crippen molar-refractivity contribution in [1.29, 1.82) is 0 Å². The van der Waals surface area contributed by atoms with Gasteiger partial charge in [0.2, 0.25) is 11.8 Å². The quantitative estimate of drug-likeness (QED) is 0.505. The first-order valence-electron chi connectivity index (χ1n) is 5.26. The molecule has 0 radical (unpaired) electrons. The van der Waals surface area contributed by atoms with E-state index in [9.17, 15) is 9.59 Å². The summed E-state index contributed by atoms with van der Waals surface area (Å²) in [6.45, 7) is 0. The third kappa shape index (κ3) is 1.86. The number of piperidine rings is 1. The van der Waals surface area contributed by atoms with Gasteiger partial charge >= 0.3 is 0 Å². The first-order chi connectivity index (χ1) is 6.77. The first kappa shape index (κ1) is 9.44. The van der Waals surface area contributed by atoms with E-state index in [0.29, 0.717) is 12.3 Å². The zero-order valence-corrected chi connectivity index (χ0v) is 8.16. The van der Waals surface area contributed by atoms with E-state index < -0.39 is 0 Å². The second-order valence-electron chi connectivity index (χ2n) is 4.10. The predicted octanol–water partition coefficient (Wildman–Crippen LogP) is 1.40. The predicted molar refractivity (Wildman–Crippen MR) is 52.4 cm³/mol. The number of nitrogens with one attached hydrogen (secondary N) is 1. The summed E-state index contributed by atoms with van der Waals surface area (Å²) in [5, 5.41) is 2.42. The normalized spacial score (nSPS) is 32.9. The summed E-state index contributed by atoms with van der Waals surface area (Å²) in [7, 11) is 0. The van der Waals surface area contributed by atoms with Crippen LogP contribution in [-0.2, 0) is 9.59 Å². The van der Waals surface area contributed by atoms with Crippen LogP contribution in [0.4, 0.5) is 0 Å². The molecule has 76 valence electrons. The highest BCUT2D eigenvalue weighted by atomic mass is 16.2. The van der Waals surface area contributed by atoms with Crippen molar-refractivity contribution in [3.8, 4) is 0 Å². The molecule has 1 heterocycles. The van der Waals surface area contributed by atoms with Gasteiger partial charge in [0, 0.05) is 12.3 Å². The molecule has 0 aromatic carbocycles. The zero-order chi connectivity index (χ0) is 9.97. The van der Waals surface area contributed by atoms with Crippen LogP contribution in [-0.4, -0.2) is 11.8 Å². The summed E-state index contributed by atoms with van der Waals surface area (Å²) in [5.74, 6) is 0.352. The van der Waals surface area contributed by atoms with E-state index in [0.717, 1.165) is 25.7 Å². The Bertz CT molecular complexity index is 283. The first-order valence-corrected chi connectivity index (χ1v) is 5.26. The van der Waals surface area contributed by atoms with Gasteiger partial charge in [0.05, 0.1) is 0 Å². The topological polar surface area (TPSA) is 46.2 Å². The Balaban J connectivity index is 2.00. The van der Waals surface area contributed by atoms with Gasteiger partial charge in [0.15, 0.2) is 0 Å². The molecule has 2 atom stereocenters. The molecule has 0 saturated carbocycles. The van der Waals surface area contributed by atoms with E-state index in [1.807, 2.05) is 0 Å². The molecule has 2 unspecified atom stereocenters. The standard InChI is InChI=1S/C11H15NO2/c13-10-7-6-9(11(14)12-10)8-4-2-1-3-5-8/h1-2,8-9H,3-7H2,(H,12,13,14). The van der Waals surface area contributed by atoms with Crippen LogP contribution in [0.3, 0.4) is 0 Å². The Morgan fingerprint density at radius 3 is 2.71 bits per heavy atom. The van der Waals surface area contributed by atoms with Crippen LogP contribution in [0.2, 0.25) is 0 Å². The van der Waals surface area contributed by atoms with Crippen molar-refractivity contribution in [2.24, 2.45) is 11.8 Å². The molecule has 2 rings (SSSR count). The third-order valence-electron chi connectivity index (χ3n) is 3.16. The molecule has 0 aromatic rings. The molecule has 2 aliphatic rings. The summed E-state index contributed by atoms with van der Waals surface area (Å²) in [5.41, 5.74) is 0. The second kappa shape index (κ2) is 3.95. The SMILES string of the molecule is O=C1CCC(C2CC=CCC2)C(=O)N1. The second-order valence-corrected chi connectivity index (χ2v) is 4.10. The van der Waals surface area contributed by atoms with Crippen LogP contribution in [0, 0.1) is 11.8 Å². The lowest BCUT2D eigenvalue weighted by atomic mass is 9.79. The van der Waals surface area contributed by atoms with Gasteiger partial charge in [0.25, 0.3) is 0 Å². The molecule has 1 aliphatic carbocycles. The van der Waals surface area contributed by atoms with Gasteiger partial charge < -0.3 is 0 Å². The fourth-order valence-corrected chi connectivity index (χ4v) is 2.34. The Morgan fingerprint density at radius 2 is 2.07 bits per heavy atom. The summed E-state index contributed by atoms with van der Waals surface area (Å²) >= 11 is 0. The Hall–Kier alpha value is -1.12. The van der Waals surface area contributed by atoms with E-state index in [4.69, 9.17) is 0 Å². The van der Waals surface area contributed by atoms with Crippen LogP contribution in [0.1, 0.15) is 32.1 Å². The van der Waals surface area contributed by atoms with E-state index >= 15 is 0 Å². The van der Waals surface area contributed by atoms with Gasteiger partial charge in [-0.3, -0.25) is 14.9 Å². The van der Waals surface area contributed by atoms with Crippen molar-refractivity contribution >= 4 is 11.8 Å². The maximum atomic E-state index is 11.5. The molecule has 0 bridgehead atoms. The van der Waals surface area contributed by atoms with E-state index in [1.54, 1.807) is 0 Å². The maximum Gasteiger partial charge on any atom is 0.229 e. The number of carbonyl (C=O) groups is 2. The highest BCUT2D eigenvalue weighted by Crippen LogP contribution is 2.30. The van der Waals surface area contributed by atoms with Gasteiger partial charge in [-0.2, -0.15) is 0 Å². The highest BCUT2D eigenvalue weighted by Gasteiger charge is 2.32. The van der Waals surface area contributed by atoms with E-state index in [2.05, 4.69) is 17.5 Å². The zero-order valence-electron chi connectivity index (χ0n) is 8.16. The molecule has 1 N–H and O–H groups in total. The monoisotopic (exact) mass is 193 g/mol. The highest BCUT2D eigenvalue weighted by molar-refractivity contribution is 5.98. The summed E-state index contributed by atoms with van der Waals surface area (Å²) in [6, 6.07) is 0. The van der Waals surface area contributed by atoms with Gasteiger partial charge in [-0.15, -0.1) is 0 Å². The Kier molecular flexibility index (Phi) is 2.66. The maximum absolute atomic E-state index is 11.5. The Labute approximate surface area is 83.6 Å². The molecule has 0 spiro atoms. The van der Waals surface area contributed by atoms with E-state index in [-0.39, 0.29) is 17.7 Å². The molecular formula is C11H15NO2. The summed E-state index contributed by atoms with van der Waals surface area (Å²) < 4.78 is 0. The number of amides is 2. The minimum absolute atomic E-state index is 0.0541. The minimum Gasteiger partial charge on any atom is -0.296 e. The van der Waals surface area contributed by atoms with Crippen molar-refractivity contribution in [1.82, 2.24) is 5.32 Å². The fraction of sp³-hybridized carbons (Fsp3) is 0.636. The smallest absolute Gasteiger partial charge is 0.229 e. The van der Waals surface area contributed by atoms with Gasteiger partial charge in [-0.05, 0) is 31.6 Å². The molecule has 1 saturated heterocycles. The van der Waals surface area contributed by atoms with E-state index in [1.165, 1.54) is 0 Å². The molecule has 3 nitrogen and oxygen atoms in total. The van der Waals surface area contributed by atoms with Crippen LogP contribution < -0.4 is 5.32 Å². The largest absolute Gasteiger partial charge is 0.296 e. The van der Waals surface area contributed by atoms with Gasteiger partial charge in [-0.1, -0.05) is 12.2 Å². The van der Waals surface area contributed by atoms with Crippen LogP contribution in [0.15, 0.2) is 12.2 Å². The molecule has 2 amide bonds.